The first-order chi connectivity index (χ1) is 16.0. The largest absolute Gasteiger partial charge is 0.361 e. The predicted molar refractivity (Wildman–Crippen MR) is 131 cm³/mol. The van der Waals surface area contributed by atoms with Gasteiger partial charge in [0, 0.05) is 53.8 Å². The zero-order valence-electron chi connectivity index (χ0n) is 18.6. The summed E-state index contributed by atoms with van der Waals surface area (Å²) in [5, 5.41) is 1.25. The van der Waals surface area contributed by atoms with Gasteiger partial charge in [0.1, 0.15) is 5.82 Å². The van der Waals surface area contributed by atoms with Crippen LogP contribution in [0.4, 0.5) is 4.39 Å². The van der Waals surface area contributed by atoms with Crippen LogP contribution in [0.1, 0.15) is 43.4 Å². The number of H-pyrrole nitrogens is 1. The molecule has 1 N–H and O–H groups in total. The molecule has 33 heavy (non-hydrogen) atoms. The number of rotatable bonds is 6. The second kappa shape index (κ2) is 9.27. The van der Waals surface area contributed by atoms with Gasteiger partial charge in [0.2, 0.25) is 0 Å². The van der Waals surface area contributed by atoms with Crippen LogP contribution >= 0.6 is 11.8 Å². The minimum Gasteiger partial charge on any atom is -0.361 e. The Hall–Kier alpha value is -2.70. The van der Waals surface area contributed by atoms with Crippen LogP contribution in [0.15, 0.2) is 60.3 Å². The first-order valence-corrected chi connectivity index (χ1v) is 12.3. The molecule has 5 rings (SSSR count). The Morgan fingerprint density at radius 1 is 1.12 bits per heavy atom. The van der Waals surface area contributed by atoms with Crippen LogP contribution in [0.25, 0.3) is 17.0 Å². The lowest BCUT2D eigenvalue weighted by molar-refractivity contribution is -0.126. The number of aromatic nitrogens is 1. The van der Waals surface area contributed by atoms with Crippen molar-refractivity contribution in [2.45, 2.75) is 37.5 Å². The van der Waals surface area contributed by atoms with Crippen LogP contribution in [0.3, 0.4) is 0 Å². The number of para-hydroxylation sites is 1. The van der Waals surface area contributed by atoms with Crippen LogP contribution in [0.5, 0.6) is 0 Å². The van der Waals surface area contributed by atoms with Crippen molar-refractivity contribution in [1.29, 1.82) is 0 Å². The molecule has 2 aliphatic rings. The minimum absolute atomic E-state index is 0.0278. The van der Waals surface area contributed by atoms with E-state index < -0.39 is 6.04 Å². The topological polar surface area (TPSA) is 53.2 Å². The van der Waals surface area contributed by atoms with Gasteiger partial charge in [-0.1, -0.05) is 54.2 Å². The third-order valence-electron chi connectivity index (χ3n) is 6.56. The van der Waals surface area contributed by atoms with Gasteiger partial charge in [-0.3, -0.25) is 14.5 Å². The molecule has 1 aliphatic carbocycles. The smallest absolute Gasteiger partial charge is 0.186 e. The second-order valence-electron chi connectivity index (χ2n) is 8.97. The number of aromatic amines is 1. The second-order valence-corrected chi connectivity index (χ2v) is 10.3. The number of piperidine rings is 1. The van der Waals surface area contributed by atoms with Gasteiger partial charge in [0.25, 0.3) is 0 Å². The maximum Gasteiger partial charge on any atom is 0.186 e. The summed E-state index contributed by atoms with van der Waals surface area (Å²) in [6.07, 6.45) is 6.64. The summed E-state index contributed by atoms with van der Waals surface area (Å²) in [5.41, 5.74) is 3.67. The Bertz CT molecular complexity index is 1230. The number of halogens is 1. The van der Waals surface area contributed by atoms with Gasteiger partial charge in [-0.05, 0) is 42.5 Å². The van der Waals surface area contributed by atoms with Gasteiger partial charge in [0.15, 0.2) is 10.9 Å². The lowest BCUT2D eigenvalue weighted by Crippen LogP contribution is -2.43. The average Bonchev–Trinajstić information content (AvgIpc) is 3.58. The number of nitrogens with zero attached hydrogens (tertiary/aromatic N) is 1. The van der Waals surface area contributed by atoms with Crippen molar-refractivity contribution in [3.8, 4) is 0 Å². The molecule has 0 amide bonds. The molecule has 1 aliphatic heterocycles. The van der Waals surface area contributed by atoms with Gasteiger partial charge in [-0.2, -0.15) is 0 Å². The van der Waals surface area contributed by atoms with Crippen LogP contribution in [0, 0.1) is 11.7 Å². The number of carbonyl (C=O) groups excluding carboxylic acids is 2. The number of hydrogen-bond donors (Lipinski definition) is 1. The van der Waals surface area contributed by atoms with E-state index in [4.69, 9.17) is 0 Å². The number of hydrogen-bond acceptors (Lipinski definition) is 4. The van der Waals surface area contributed by atoms with Crippen LogP contribution in [-0.4, -0.2) is 39.1 Å². The molecule has 2 atom stereocenters. The molecule has 0 spiro atoms. The van der Waals surface area contributed by atoms with Crippen molar-refractivity contribution in [3.63, 3.8) is 0 Å². The first-order valence-electron chi connectivity index (χ1n) is 11.5. The van der Waals surface area contributed by atoms with E-state index in [9.17, 15) is 14.0 Å². The molecular weight excluding hydrogens is 435 g/mol. The number of thioether (sulfide) groups is 1. The van der Waals surface area contributed by atoms with Gasteiger partial charge in [-0.15, -0.1) is 0 Å². The first kappa shape index (κ1) is 22.1. The third-order valence-corrected chi connectivity index (χ3v) is 7.72. The standard InChI is InChI=1S/C27H27FN2O2S/c1-17(31)33-25-12-13-30(16-20(25)14-19-15-29-24-9-5-3-6-21(19)24)26(27(32)18-10-11-18)22-7-2-4-8-23(22)28/h2-9,14-15,18,25-26,29H,10-13,16H2,1H3. The van der Waals surface area contributed by atoms with Crippen LogP contribution in [-0.2, 0) is 9.59 Å². The molecule has 0 radical (unpaired) electrons. The fourth-order valence-corrected chi connectivity index (χ4v) is 5.73. The van der Waals surface area contributed by atoms with Crippen molar-refractivity contribution in [2.75, 3.05) is 13.1 Å². The molecule has 4 nitrogen and oxygen atoms in total. The summed E-state index contributed by atoms with van der Waals surface area (Å²) in [5.74, 6) is -0.192. The fraction of sp³-hybridized carbons (Fsp3) is 0.333. The molecule has 2 unspecified atom stereocenters. The van der Waals surface area contributed by atoms with Crippen molar-refractivity contribution >= 4 is 39.6 Å². The Labute approximate surface area is 197 Å². The number of likely N-dealkylation sites (tertiary alicyclic amines) is 1. The van der Waals surface area contributed by atoms with Gasteiger partial charge in [-0.25, -0.2) is 4.39 Å². The molecule has 1 saturated heterocycles. The Morgan fingerprint density at radius 2 is 1.88 bits per heavy atom. The molecule has 2 heterocycles. The minimum atomic E-state index is -0.589. The zero-order chi connectivity index (χ0) is 22.9. The average molecular weight is 463 g/mol. The lowest BCUT2D eigenvalue weighted by Gasteiger charge is -2.38. The van der Waals surface area contributed by atoms with E-state index in [1.165, 1.54) is 17.8 Å². The molecule has 1 saturated carbocycles. The quantitative estimate of drug-likeness (QED) is 0.506. The fourth-order valence-electron chi connectivity index (χ4n) is 4.81. The maximum atomic E-state index is 14.8. The maximum absolute atomic E-state index is 14.8. The molecule has 170 valence electrons. The van der Waals surface area contributed by atoms with E-state index in [-0.39, 0.29) is 27.9 Å². The number of benzene rings is 2. The van der Waals surface area contributed by atoms with Crippen LogP contribution < -0.4 is 0 Å². The van der Waals surface area contributed by atoms with E-state index in [2.05, 4.69) is 22.0 Å². The highest BCUT2D eigenvalue weighted by atomic mass is 32.2. The van der Waals surface area contributed by atoms with Crippen LogP contribution in [0.2, 0.25) is 0 Å². The SMILES string of the molecule is CC(=O)SC1CCN(C(C(=O)C2CC2)c2ccccc2F)CC1=Cc1c[nH]c2ccccc12. The Kier molecular flexibility index (Phi) is 6.21. The van der Waals surface area contributed by atoms with Crippen molar-refractivity contribution < 1.29 is 14.0 Å². The summed E-state index contributed by atoms with van der Waals surface area (Å²) in [4.78, 5) is 30.7. The van der Waals surface area contributed by atoms with E-state index in [1.54, 1.807) is 25.1 Å². The summed E-state index contributed by atoms with van der Waals surface area (Å²) < 4.78 is 14.8. The number of Topliss-reactive ketones (excluding diaryl/α,β-unsaturated/α-hetero) is 1. The van der Waals surface area contributed by atoms with Crippen molar-refractivity contribution in [1.82, 2.24) is 9.88 Å². The number of nitrogens with one attached hydrogen (secondary N) is 1. The molecule has 1 aromatic heterocycles. The van der Waals surface area contributed by atoms with E-state index in [0.717, 1.165) is 41.3 Å². The van der Waals surface area contributed by atoms with Gasteiger partial charge >= 0.3 is 0 Å². The Balaban J connectivity index is 1.52. The number of carbonyl (C=O) groups is 2. The zero-order valence-corrected chi connectivity index (χ0v) is 19.4. The lowest BCUT2D eigenvalue weighted by atomic mass is 9.93. The highest BCUT2D eigenvalue weighted by Gasteiger charge is 2.41. The molecular formula is C27H27FN2O2S. The van der Waals surface area contributed by atoms with Crippen molar-refractivity contribution in [3.05, 3.63) is 77.2 Å². The molecule has 2 aromatic carbocycles. The van der Waals surface area contributed by atoms with Crippen molar-refractivity contribution in [2.24, 2.45) is 5.92 Å². The molecule has 0 bridgehead atoms. The molecule has 6 heteroatoms. The highest BCUT2D eigenvalue weighted by Crippen LogP contribution is 2.41. The number of fused-ring (bicyclic) bond motifs is 1. The van der Waals surface area contributed by atoms with Gasteiger partial charge < -0.3 is 4.98 Å². The highest BCUT2D eigenvalue weighted by molar-refractivity contribution is 8.14. The molecule has 2 fully saturated rings. The number of ketones is 1. The summed E-state index contributed by atoms with van der Waals surface area (Å²) in [6, 6.07) is 14.2. The normalized spacial score (nSPS) is 21.4. The third kappa shape index (κ3) is 4.68. The van der Waals surface area contributed by atoms with E-state index in [0.29, 0.717) is 18.7 Å². The monoisotopic (exact) mass is 462 g/mol. The summed E-state index contributed by atoms with van der Waals surface area (Å²) >= 11 is 1.35. The Morgan fingerprint density at radius 3 is 2.64 bits per heavy atom. The summed E-state index contributed by atoms with van der Waals surface area (Å²) in [6.45, 7) is 2.77. The summed E-state index contributed by atoms with van der Waals surface area (Å²) in [7, 11) is 0. The molecule has 3 aromatic rings. The predicted octanol–water partition coefficient (Wildman–Crippen LogP) is 5.76. The van der Waals surface area contributed by atoms with Gasteiger partial charge in [0.05, 0.1) is 6.04 Å². The van der Waals surface area contributed by atoms with E-state index >= 15 is 0 Å². The van der Waals surface area contributed by atoms with E-state index in [1.807, 2.05) is 24.4 Å².